The van der Waals surface area contributed by atoms with Gasteiger partial charge < -0.3 is 0 Å². The van der Waals surface area contributed by atoms with E-state index in [0.717, 1.165) is 26.7 Å². The van der Waals surface area contributed by atoms with E-state index >= 15 is 0 Å². The SMILES string of the molecule is Cc1ccc(CC(=O)c2ccc(Br)c(C)c2)c(Cl)c1. The third-order valence-electron chi connectivity index (χ3n) is 3.04. The van der Waals surface area contributed by atoms with Crippen LogP contribution in [0.3, 0.4) is 0 Å². The van der Waals surface area contributed by atoms with Crippen LogP contribution in [0.4, 0.5) is 0 Å². The van der Waals surface area contributed by atoms with Gasteiger partial charge in [0.1, 0.15) is 0 Å². The van der Waals surface area contributed by atoms with E-state index in [1.54, 1.807) is 0 Å². The van der Waals surface area contributed by atoms with Crippen LogP contribution in [0.2, 0.25) is 5.02 Å². The Morgan fingerprint density at radius 1 is 1.16 bits per heavy atom. The van der Waals surface area contributed by atoms with E-state index < -0.39 is 0 Å². The van der Waals surface area contributed by atoms with Crippen LogP contribution in [0, 0.1) is 13.8 Å². The molecular formula is C16H14BrClO. The Labute approximate surface area is 126 Å². The first-order valence-electron chi connectivity index (χ1n) is 6.02. The Morgan fingerprint density at radius 2 is 1.89 bits per heavy atom. The quantitative estimate of drug-likeness (QED) is 0.708. The van der Waals surface area contributed by atoms with Crippen molar-refractivity contribution < 1.29 is 4.79 Å². The first-order valence-corrected chi connectivity index (χ1v) is 7.19. The second-order valence-corrected chi connectivity index (χ2v) is 5.92. The number of Topliss-reactive ketones (excluding diaryl/α,β-unsaturated/α-hetero) is 1. The normalized spacial score (nSPS) is 10.5. The lowest BCUT2D eigenvalue weighted by Gasteiger charge is -2.06. The second-order valence-electron chi connectivity index (χ2n) is 4.66. The molecule has 0 spiro atoms. The van der Waals surface area contributed by atoms with Crippen molar-refractivity contribution in [2.75, 3.05) is 0 Å². The third-order valence-corrected chi connectivity index (χ3v) is 4.28. The minimum Gasteiger partial charge on any atom is -0.294 e. The summed E-state index contributed by atoms with van der Waals surface area (Å²) in [6.07, 6.45) is 0.334. The van der Waals surface area contributed by atoms with Crippen LogP contribution < -0.4 is 0 Å². The fourth-order valence-corrected chi connectivity index (χ4v) is 2.44. The lowest BCUT2D eigenvalue weighted by Crippen LogP contribution is -2.04. The van der Waals surface area contributed by atoms with E-state index in [4.69, 9.17) is 11.6 Å². The zero-order valence-corrected chi connectivity index (χ0v) is 13.2. The summed E-state index contributed by atoms with van der Waals surface area (Å²) in [5.74, 6) is 0.0846. The van der Waals surface area contributed by atoms with Gasteiger partial charge in [-0.25, -0.2) is 0 Å². The van der Waals surface area contributed by atoms with Gasteiger partial charge in [-0.1, -0.05) is 45.7 Å². The van der Waals surface area contributed by atoms with Crippen LogP contribution in [0.25, 0.3) is 0 Å². The third kappa shape index (κ3) is 3.46. The maximum Gasteiger partial charge on any atom is 0.167 e. The molecule has 1 nitrogen and oxygen atoms in total. The molecule has 0 aliphatic heterocycles. The first kappa shape index (κ1) is 14.3. The van der Waals surface area contributed by atoms with Gasteiger partial charge in [0.2, 0.25) is 0 Å². The molecule has 0 atom stereocenters. The molecule has 0 bridgehead atoms. The number of carbonyl (C=O) groups is 1. The van der Waals surface area contributed by atoms with Gasteiger partial charge >= 0.3 is 0 Å². The molecule has 0 heterocycles. The number of carbonyl (C=O) groups excluding carboxylic acids is 1. The van der Waals surface area contributed by atoms with E-state index in [1.165, 1.54) is 0 Å². The standard InChI is InChI=1S/C16H14BrClO/c1-10-3-4-12(15(18)7-10)9-16(19)13-5-6-14(17)11(2)8-13/h3-8H,9H2,1-2H3. The molecule has 2 aromatic carbocycles. The molecule has 0 fully saturated rings. The van der Waals surface area contributed by atoms with Gasteiger partial charge in [0.25, 0.3) is 0 Å². The number of benzene rings is 2. The minimum absolute atomic E-state index is 0.0846. The number of rotatable bonds is 3. The van der Waals surface area contributed by atoms with Gasteiger partial charge in [0, 0.05) is 21.5 Å². The monoisotopic (exact) mass is 336 g/mol. The minimum atomic E-state index is 0.0846. The van der Waals surface area contributed by atoms with Gasteiger partial charge in [0.05, 0.1) is 0 Å². The summed E-state index contributed by atoms with van der Waals surface area (Å²) in [6.45, 7) is 3.95. The molecule has 0 aliphatic rings. The number of hydrogen-bond acceptors (Lipinski definition) is 1. The molecule has 2 aromatic rings. The van der Waals surface area contributed by atoms with Crippen LogP contribution >= 0.6 is 27.5 Å². The van der Waals surface area contributed by atoms with Crippen molar-refractivity contribution in [3.05, 3.63) is 68.1 Å². The highest BCUT2D eigenvalue weighted by Gasteiger charge is 2.10. The Bertz CT molecular complexity index is 635. The van der Waals surface area contributed by atoms with Crippen LogP contribution in [0.15, 0.2) is 40.9 Å². The van der Waals surface area contributed by atoms with Crippen LogP contribution in [0.1, 0.15) is 27.0 Å². The molecular weight excluding hydrogens is 324 g/mol. The highest BCUT2D eigenvalue weighted by atomic mass is 79.9. The zero-order chi connectivity index (χ0) is 14.0. The fourth-order valence-electron chi connectivity index (χ4n) is 1.89. The van der Waals surface area contributed by atoms with Crippen molar-refractivity contribution in [3.8, 4) is 0 Å². The molecule has 19 heavy (non-hydrogen) atoms. The molecule has 3 heteroatoms. The maximum atomic E-state index is 12.2. The van der Waals surface area contributed by atoms with Crippen molar-refractivity contribution in [2.24, 2.45) is 0 Å². The molecule has 98 valence electrons. The van der Waals surface area contributed by atoms with Gasteiger partial charge in [0.15, 0.2) is 5.78 Å². The topological polar surface area (TPSA) is 17.1 Å². The number of aryl methyl sites for hydroxylation is 2. The number of ketones is 1. The molecule has 0 saturated carbocycles. The van der Waals surface area contributed by atoms with Crippen molar-refractivity contribution in [1.29, 1.82) is 0 Å². The zero-order valence-electron chi connectivity index (χ0n) is 10.8. The molecule has 0 saturated heterocycles. The summed E-state index contributed by atoms with van der Waals surface area (Å²) < 4.78 is 1.01. The van der Waals surface area contributed by atoms with E-state index in [1.807, 2.05) is 50.2 Å². The smallest absolute Gasteiger partial charge is 0.167 e. The second kappa shape index (κ2) is 5.89. The number of hydrogen-bond donors (Lipinski definition) is 0. The first-order chi connectivity index (χ1) is 8.97. The Kier molecular flexibility index (Phi) is 4.43. The highest BCUT2D eigenvalue weighted by molar-refractivity contribution is 9.10. The molecule has 0 radical (unpaired) electrons. The Hall–Kier alpha value is -1.12. The summed E-state index contributed by atoms with van der Waals surface area (Å²) in [5, 5.41) is 0.655. The summed E-state index contributed by atoms with van der Waals surface area (Å²) >= 11 is 9.59. The lowest BCUT2D eigenvalue weighted by molar-refractivity contribution is 0.0993. The van der Waals surface area contributed by atoms with Crippen molar-refractivity contribution in [1.82, 2.24) is 0 Å². The summed E-state index contributed by atoms with van der Waals surface area (Å²) in [4.78, 5) is 12.2. The largest absolute Gasteiger partial charge is 0.294 e. The molecule has 0 N–H and O–H groups in total. The van der Waals surface area contributed by atoms with Crippen LogP contribution in [-0.2, 0) is 6.42 Å². The highest BCUT2D eigenvalue weighted by Crippen LogP contribution is 2.21. The van der Waals surface area contributed by atoms with Gasteiger partial charge in [-0.3, -0.25) is 4.79 Å². The molecule has 2 rings (SSSR count). The Balaban J connectivity index is 2.23. The van der Waals surface area contributed by atoms with E-state index in [9.17, 15) is 4.79 Å². The van der Waals surface area contributed by atoms with Crippen molar-refractivity contribution >= 4 is 33.3 Å². The predicted molar refractivity (Wildman–Crippen MR) is 83.1 cm³/mol. The average Bonchev–Trinajstić information content (AvgIpc) is 2.36. The summed E-state index contributed by atoms with van der Waals surface area (Å²) in [5.41, 5.74) is 3.75. The Morgan fingerprint density at radius 3 is 2.53 bits per heavy atom. The fraction of sp³-hybridized carbons (Fsp3) is 0.188. The molecule has 0 aliphatic carbocycles. The van der Waals surface area contributed by atoms with Crippen LogP contribution in [-0.4, -0.2) is 5.78 Å². The lowest BCUT2D eigenvalue weighted by atomic mass is 10.0. The average molecular weight is 338 g/mol. The van der Waals surface area contributed by atoms with Gasteiger partial charge in [-0.15, -0.1) is 0 Å². The maximum absolute atomic E-state index is 12.2. The molecule has 0 unspecified atom stereocenters. The van der Waals surface area contributed by atoms with E-state index in [2.05, 4.69) is 15.9 Å². The summed E-state index contributed by atoms with van der Waals surface area (Å²) in [7, 11) is 0. The summed E-state index contributed by atoms with van der Waals surface area (Å²) in [6, 6.07) is 11.4. The van der Waals surface area contributed by atoms with Crippen molar-refractivity contribution in [3.63, 3.8) is 0 Å². The van der Waals surface area contributed by atoms with E-state index in [-0.39, 0.29) is 5.78 Å². The van der Waals surface area contributed by atoms with Crippen LogP contribution in [0.5, 0.6) is 0 Å². The van der Waals surface area contributed by atoms with Gasteiger partial charge in [-0.2, -0.15) is 0 Å². The number of halogens is 2. The van der Waals surface area contributed by atoms with E-state index in [0.29, 0.717) is 11.4 Å². The molecule has 0 amide bonds. The molecule has 0 aromatic heterocycles. The predicted octanol–water partition coefficient (Wildman–Crippen LogP) is 5.14. The van der Waals surface area contributed by atoms with Gasteiger partial charge in [-0.05, 0) is 48.7 Å². The van der Waals surface area contributed by atoms with Crippen molar-refractivity contribution in [2.45, 2.75) is 20.3 Å².